The number of aromatic hydroxyl groups is 3. The van der Waals surface area contributed by atoms with Crippen molar-refractivity contribution in [2.75, 3.05) is 13.6 Å². The molecule has 16 nitrogen and oxygen atoms in total. The van der Waals surface area contributed by atoms with Crippen LogP contribution < -0.4 is 26.9 Å². The summed E-state index contributed by atoms with van der Waals surface area (Å²) in [6, 6.07) is 15.8. The molecular formula is C48H54N4O12. The van der Waals surface area contributed by atoms with E-state index in [-0.39, 0.29) is 40.9 Å². The summed E-state index contributed by atoms with van der Waals surface area (Å²) in [5.41, 5.74) is 11.6. The molecule has 1 aromatic heterocycles. The van der Waals surface area contributed by atoms with Crippen molar-refractivity contribution in [2.24, 2.45) is 52.0 Å². The molecule has 4 aromatic rings. The Morgan fingerprint density at radius 3 is 2.48 bits per heavy atom. The number of carboxylic acids is 1. The fourth-order valence-corrected chi connectivity index (χ4v) is 11.6. The van der Waals surface area contributed by atoms with Crippen LogP contribution in [0.4, 0.5) is 0 Å². The maximum atomic E-state index is 13.9. The number of hydrogen-bond acceptors (Lipinski definition) is 13. The molecule has 0 amide bonds. The maximum Gasteiger partial charge on any atom is 0.335 e. The predicted octanol–water partition coefficient (Wildman–Crippen LogP) is 3.98. The van der Waals surface area contributed by atoms with Crippen molar-refractivity contribution in [1.82, 2.24) is 5.32 Å². The monoisotopic (exact) mass is 878 g/mol. The molecule has 64 heavy (non-hydrogen) atoms. The van der Waals surface area contributed by atoms with E-state index in [4.69, 9.17) is 25.4 Å². The van der Waals surface area contributed by atoms with E-state index >= 15 is 0 Å². The second-order valence-corrected chi connectivity index (χ2v) is 18.4. The van der Waals surface area contributed by atoms with Crippen molar-refractivity contribution < 1.29 is 54.4 Å². The van der Waals surface area contributed by atoms with Gasteiger partial charge in [-0.2, -0.15) is 0 Å². The van der Waals surface area contributed by atoms with Gasteiger partial charge >= 0.3 is 5.97 Å². The lowest BCUT2D eigenvalue weighted by Gasteiger charge is -2.55. The number of guanidine groups is 1. The number of phenols is 3. The first kappa shape index (κ1) is 43.3. The fourth-order valence-electron chi connectivity index (χ4n) is 11.6. The highest BCUT2D eigenvalue weighted by Gasteiger charge is 2.59. The summed E-state index contributed by atoms with van der Waals surface area (Å²) < 4.78 is 17.4. The van der Waals surface area contributed by atoms with E-state index in [9.17, 15) is 45.3 Å². The zero-order valence-electron chi connectivity index (χ0n) is 35.4. The molecule has 5 aliphatic rings. The Bertz CT molecular complexity index is 2640. The van der Waals surface area contributed by atoms with E-state index in [2.05, 4.69) is 53.7 Å². The van der Waals surface area contributed by atoms with E-state index in [1.165, 1.54) is 24.1 Å². The summed E-state index contributed by atoms with van der Waals surface area (Å²) in [5, 5.41) is 79.7. The Hall–Kier alpha value is -5.91. The molecule has 13 atom stereocenters. The van der Waals surface area contributed by atoms with Gasteiger partial charge in [0, 0.05) is 23.7 Å². The van der Waals surface area contributed by atoms with Crippen LogP contribution in [0.2, 0.25) is 0 Å². The molecule has 16 heteroatoms. The third kappa shape index (κ3) is 7.36. The third-order valence-electron chi connectivity index (χ3n) is 14.6. The number of aliphatic carboxylic acids is 1. The van der Waals surface area contributed by atoms with Gasteiger partial charge < -0.3 is 66.4 Å². The first-order valence-corrected chi connectivity index (χ1v) is 21.8. The zero-order valence-corrected chi connectivity index (χ0v) is 35.4. The van der Waals surface area contributed by atoms with Crippen molar-refractivity contribution in [3.63, 3.8) is 0 Å². The van der Waals surface area contributed by atoms with Gasteiger partial charge in [0.05, 0.1) is 6.54 Å². The number of ether oxygens (including phenoxy) is 2. The molecule has 0 radical (unpaired) electrons. The normalized spacial score (nSPS) is 33.1. The highest BCUT2D eigenvalue weighted by molar-refractivity contribution is 5.94. The van der Waals surface area contributed by atoms with Crippen molar-refractivity contribution in [1.29, 1.82) is 0 Å². The van der Waals surface area contributed by atoms with Crippen molar-refractivity contribution >= 4 is 34.5 Å². The van der Waals surface area contributed by atoms with Crippen LogP contribution in [0, 0.1) is 35.5 Å². The van der Waals surface area contributed by atoms with Crippen LogP contribution in [-0.4, -0.2) is 97.5 Å². The number of aliphatic hydroxyl groups is 3. The Morgan fingerprint density at radius 2 is 1.75 bits per heavy atom. The van der Waals surface area contributed by atoms with Gasteiger partial charge in [0.25, 0.3) is 0 Å². The lowest BCUT2D eigenvalue weighted by Crippen LogP contribution is -2.70. The number of aliphatic hydroxyl groups excluding tert-OH is 2. The topological polar surface area (TPSA) is 284 Å². The Morgan fingerprint density at radius 1 is 0.969 bits per heavy atom. The number of benzene rings is 3. The predicted molar refractivity (Wildman–Crippen MR) is 236 cm³/mol. The summed E-state index contributed by atoms with van der Waals surface area (Å²) >= 11 is 0. The first-order valence-electron chi connectivity index (χ1n) is 21.8. The Balaban J connectivity index is 1.12. The number of aliphatic imine (C=N–C) groups is 1. The largest absolute Gasteiger partial charge is 0.508 e. The van der Waals surface area contributed by atoms with Crippen molar-refractivity contribution in [3.05, 3.63) is 93.7 Å². The fraction of sp³-hybridized carbons (Fsp3) is 0.438. The van der Waals surface area contributed by atoms with Crippen LogP contribution in [0.3, 0.4) is 0 Å². The first-order chi connectivity index (χ1) is 30.6. The standard InChI is InChI=1S/C48H54N4O12/c1-21-6-5-8-22(12-21)28-17-33(51-2)32-15-24(28)14-30-26-9-4-3-7-23(26)13-31(38(30)32)29-16-25(53)10-11-27(29)35-18-34(54)39-36(62-35)19-37(40(55)41(39)56)63-46-44(58)48(61,20-52-47(49)50)43(57)42(64-46)45(59)60/h3-5,7-11,13,16,18-19,21-22,24,28,30,32-33,38,42-44,46,51,53,55-58,61H,6,12,14-15,17,20H2,1-2H3,(H,59,60)(H4,49,50,52). The molecule has 3 aromatic carbocycles. The number of fused-ring (bicyclic) bond motifs is 7. The SMILES string of the molecule is CNC1CC(C2C=CCC(C)C2)C2CC3c4ccccc4C=C(c4cc(O)ccc4-c4cc(=O)c5c(O)c(O)c(OC6OC(C(=O)O)C(O)C(O)(CN=C(N)N)C6O)cc5o4)C3C1C2. The molecule has 9 rings (SSSR count). The number of phenolic OH excluding ortho intramolecular Hbond substituents is 3. The lowest BCUT2D eigenvalue weighted by molar-refractivity contribution is -0.303. The van der Waals surface area contributed by atoms with Crippen LogP contribution in [0.15, 0.2) is 81.0 Å². The minimum Gasteiger partial charge on any atom is -0.508 e. The molecule has 2 bridgehead atoms. The molecule has 2 saturated carbocycles. The van der Waals surface area contributed by atoms with Gasteiger partial charge in [0.1, 0.15) is 40.3 Å². The summed E-state index contributed by atoms with van der Waals surface area (Å²) in [4.78, 5) is 29.7. The Kier molecular flexibility index (Phi) is 11.2. The summed E-state index contributed by atoms with van der Waals surface area (Å²) in [7, 11) is 2.04. The molecule has 0 spiro atoms. The van der Waals surface area contributed by atoms with Crippen LogP contribution in [0.25, 0.3) is 33.9 Å². The van der Waals surface area contributed by atoms with Crippen molar-refractivity contribution in [3.8, 4) is 34.3 Å². The quantitative estimate of drug-likeness (QED) is 0.0493. The molecule has 3 fully saturated rings. The van der Waals surface area contributed by atoms with Crippen LogP contribution in [-0.2, 0) is 9.53 Å². The highest BCUT2D eigenvalue weighted by Crippen LogP contribution is 2.61. The van der Waals surface area contributed by atoms with Gasteiger partial charge in [-0.25, -0.2) is 4.79 Å². The molecule has 4 aliphatic carbocycles. The summed E-state index contributed by atoms with van der Waals surface area (Å²) in [6.45, 7) is 1.47. The van der Waals surface area contributed by atoms with Crippen LogP contribution in [0.1, 0.15) is 61.6 Å². The maximum absolute atomic E-state index is 13.9. The zero-order chi connectivity index (χ0) is 45.4. The number of carboxylic acid groups (broad SMARTS) is 1. The number of nitrogens with one attached hydrogen (secondary N) is 1. The summed E-state index contributed by atoms with van der Waals surface area (Å²) in [6.07, 6.45) is 3.67. The minimum absolute atomic E-state index is 0.00726. The lowest BCUT2D eigenvalue weighted by atomic mass is 9.50. The van der Waals surface area contributed by atoms with E-state index < -0.39 is 76.7 Å². The number of nitrogens with two attached hydrogens (primary N) is 2. The molecule has 2 heterocycles. The third-order valence-corrected chi connectivity index (χ3v) is 14.6. The number of hydrogen-bond donors (Lipinski definition) is 10. The summed E-state index contributed by atoms with van der Waals surface area (Å²) in [5.74, 6) is -2.04. The van der Waals surface area contributed by atoms with E-state index in [0.29, 0.717) is 34.8 Å². The van der Waals surface area contributed by atoms with E-state index in [1.807, 2.05) is 13.1 Å². The van der Waals surface area contributed by atoms with Gasteiger partial charge in [-0.05, 0) is 121 Å². The molecular weight excluding hydrogens is 825 g/mol. The Labute approximate surface area is 368 Å². The smallest absolute Gasteiger partial charge is 0.335 e. The number of rotatable bonds is 9. The molecule has 13 unspecified atom stereocenters. The van der Waals surface area contributed by atoms with E-state index in [1.54, 1.807) is 12.1 Å². The van der Waals surface area contributed by atoms with Crippen molar-refractivity contribution in [2.45, 2.75) is 81.2 Å². The van der Waals surface area contributed by atoms with E-state index in [0.717, 1.165) is 42.9 Å². The van der Waals surface area contributed by atoms with Crippen LogP contribution in [0.5, 0.6) is 23.0 Å². The van der Waals surface area contributed by atoms with Gasteiger partial charge in [0.2, 0.25) is 12.0 Å². The average Bonchev–Trinajstić information content (AvgIpc) is 3.27. The van der Waals surface area contributed by atoms with Gasteiger partial charge in [-0.3, -0.25) is 9.79 Å². The highest BCUT2D eigenvalue weighted by atomic mass is 16.7. The molecule has 1 aliphatic heterocycles. The van der Waals surface area contributed by atoms with Gasteiger partial charge in [-0.15, -0.1) is 0 Å². The second kappa shape index (κ2) is 16.6. The minimum atomic E-state index is -2.73. The molecule has 1 saturated heterocycles. The average molecular weight is 879 g/mol. The number of nitrogens with zero attached hydrogens (tertiary/aromatic N) is 1. The molecule has 12 N–H and O–H groups in total. The molecule has 338 valence electrons. The number of allylic oxidation sites excluding steroid dienone is 3. The van der Waals surface area contributed by atoms with Gasteiger partial charge in [0.15, 0.2) is 29.0 Å². The number of carbonyl (C=O) groups is 1. The van der Waals surface area contributed by atoms with Gasteiger partial charge in [-0.1, -0.05) is 49.4 Å². The second-order valence-electron chi connectivity index (χ2n) is 18.4. The van der Waals surface area contributed by atoms with Crippen LogP contribution >= 0.6 is 0 Å².